The number of nitrogens with zero attached hydrogens (tertiary/aromatic N) is 2. The average molecular weight is 390 g/mol. The zero-order chi connectivity index (χ0) is 20.4. The molecule has 2 aliphatic rings. The van der Waals surface area contributed by atoms with Crippen molar-refractivity contribution < 1.29 is 14.3 Å². The van der Waals surface area contributed by atoms with Gasteiger partial charge in [-0.1, -0.05) is 30.3 Å². The van der Waals surface area contributed by atoms with Crippen molar-refractivity contribution in [2.75, 3.05) is 20.3 Å². The Kier molecular flexibility index (Phi) is 5.28. The first-order chi connectivity index (χ1) is 14.1. The molecule has 0 radical (unpaired) electrons. The number of carbonyl (C=O) groups excluding carboxylic acids is 2. The number of hydrogen-bond donors (Lipinski definition) is 2. The van der Waals surface area contributed by atoms with E-state index in [0.717, 1.165) is 5.56 Å². The first kappa shape index (κ1) is 19.1. The number of benzene rings is 1. The van der Waals surface area contributed by atoms with Crippen LogP contribution in [-0.4, -0.2) is 43.1 Å². The largest absolute Gasteiger partial charge is 0.381 e. The number of carbonyl (C=O) groups is 2. The van der Waals surface area contributed by atoms with Crippen LogP contribution in [0.1, 0.15) is 44.4 Å². The van der Waals surface area contributed by atoms with Gasteiger partial charge < -0.3 is 15.4 Å². The van der Waals surface area contributed by atoms with Gasteiger partial charge in [-0.2, -0.15) is 5.26 Å². The third-order valence-corrected chi connectivity index (χ3v) is 5.67. The molecule has 3 unspecified atom stereocenters. The maximum Gasteiger partial charge on any atom is 0.269 e. The quantitative estimate of drug-likeness (QED) is 0.783. The number of pyridine rings is 1. The molecule has 1 saturated carbocycles. The topological polar surface area (TPSA) is 104 Å². The van der Waals surface area contributed by atoms with Crippen LogP contribution in [0.5, 0.6) is 0 Å². The Balaban J connectivity index is 1.67. The highest BCUT2D eigenvalue weighted by Gasteiger charge is 2.54. The molecule has 1 aliphatic heterocycles. The molecule has 2 aromatic rings. The molecule has 2 fully saturated rings. The van der Waals surface area contributed by atoms with E-state index in [1.54, 1.807) is 6.07 Å². The fourth-order valence-corrected chi connectivity index (χ4v) is 3.96. The number of hydrogen-bond acceptors (Lipinski definition) is 5. The smallest absolute Gasteiger partial charge is 0.269 e. The van der Waals surface area contributed by atoms with E-state index in [0.29, 0.717) is 36.3 Å². The zero-order valence-corrected chi connectivity index (χ0v) is 16.1. The lowest BCUT2D eigenvalue weighted by Crippen LogP contribution is -2.31. The van der Waals surface area contributed by atoms with Gasteiger partial charge in [0.15, 0.2) is 0 Å². The molecule has 2 amide bonds. The second-order valence-corrected chi connectivity index (χ2v) is 7.43. The molecule has 7 heteroatoms. The third-order valence-electron chi connectivity index (χ3n) is 5.67. The van der Waals surface area contributed by atoms with E-state index in [1.165, 1.54) is 13.1 Å². The molecule has 1 aliphatic carbocycles. The van der Waals surface area contributed by atoms with Crippen molar-refractivity contribution in [2.45, 2.75) is 18.4 Å². The number of fused-ring (bicyclic) bond motifs is 1. The minimum atomic E-state index is -0.374. The molecule has 148 valence electrons. The van der Waals surface area contributed by atoms with E-state index < -0.39 is 0 Å². The first-order valence-electron chi connectivity index (χ1n) is 9.67. The summed E-state index contributed by atoms with van der Waals surface area (Å²) in [5.41, 5.74) is 1.98. The lowest BCUT2D eigenvalue weighted by atomic mass is 9.91. The molecular weight excluding hydrogens is 368 g/mol. The lowest BCUT2D eigenvalue weighted by molar-refractivity contribution is 0.0928. The summed E-state index contributed by atoms with van der Waals surface area (Å²) in [6.07, 6.45) is 0.194. The normalized spacial score (nSPS) is 22.8. The van der Waals surface area contributed by atoms with Gasteiger partial charge in [0.1, 0.15) is 5.69 Å². The van der Waals surface area contributed by atoms with Crippen molar-refractivity contribution in [3.8, 4) is 6.07 Å². The van der Waals surface area contributed by atoms with Crippen LogP contribution in [0.3, 0.4) is 0 Å². The third kappa shape index (κ3) is 3.84. The van der Waals surface area contributed by atoms with Crippen LogP contribution >= 0.6 is 0 Å². The van der Waals surface area contributed by atoms with Crippen LogP contribution in [0.4, 0.5) is 0 Å². The first-order valence-corrected chi connectivity index (χ1v) is 9.67. The summed E-state index contributed by atoms with van der Waals surface area (Å²) in [6.45, 7) is 1.36. The molecule has 1 aromatic carbocycles. The fraction of sp³-hybridized carbons (Fsp3) is 0.364. The summed E-state index contributed by atoms with van der Waals surface area (Å²) in [5, 5.41) is 14.9. The standard InChI is InChI=1S/C22H22N4O3/c1-24-22(28)19-10-14(21(27)26-20-16-11-29-12-17(16)20)9-18(25-19)15(7-8-23)13-5-3-2-4-6-13/h2-6,9-10,15-17,20H,7,11-12H2,1H3,(H,24,28)(H,26,27). The van der Waals surface area contributed by atoms with Gasteiger partial charge in [0.05, 0.1) is 25.0 Å². The maximum absolute atomic E-state index is 12.9. The summed E-state index contributed by atoms with van der Waals surface area (Å²) in [5.74, 6) is -0.168. The molecule has 1 saturated heterocycles. The Labute approximate surface area is 169 Å². The molecule has 2 heterocycles. The van der Waals surface area contributed by atoms with Gasteiger partial charge in [-0.3, -0.25) is 9.59 Å². The summed E-state index contributed by atoms with van der Waals surface area (Å²) in [6, 6.07) is 15.0. The van der Waals surface area contributed by atoms with Crippen molar-refractivity contribution >= 4 is 11.8 Å². The van der Waals surface area contributed by atoms with Gasteiger partial charge in [0.25, 0.3) is 11.8 Å². The van der Waals surface area contributed by atoms with Crippen molar-refractivity contribution in [1.82, 2.24) is 15.6 Å². The van der Waals surface area contributed by atoms with Crippen LogP contribution in [0, 0.1) is 23.2 Å². The number of rotatable bonds is 6. The van der Waals surface area contributed by atoms with Crippen LogP contribution in [0.25, 0.3) is 0 Å². The number of ether oxygens (including phenoxy) is 1. The summed E-state index contributed by atoms with van der Waals surface area (Å²) in [4.78, 5) is 29.6. The highest BCUT2D eigenvalue weighted by atomic mass is 16.5. The Morgan fingerprint density at radius 2 is 1.93 bits per heavy atom. The van der Waals surface area contributed by atoms with Crippen LogP contribution < -0.4 is 10.6 Å². The monoisotopic (exact) mass is 390 g/mol. The summed E-state index contributed by atoms with van der Waals surface area (Å²) < 4.78 is 5.37. The predicted molar refractivity (Wildman–Crippen MR) is 105 cm³/mol. The van der Waals surface area contributed by atoms with Crippen LogP contribution in [0.15, 0.2) is 42.5 Å². The zero-order valence-electron chi connectivity index (χ0n) is 16.1. The second-order valence-electron chi connectivity index (χ2n) is 7.43. The van der Waals surface area contributed by atoms with Crippen molar-refractivity contribution in [1.29, 1.82) is 5.26 Å². The van der Waals surface area contributed by atoms with E-state index in [1.807, 2.05) is 30.3 Å². The van der Waals surface area contributed by atoms with Gasteiger partial charge in [0.2, 0.25) is 0 Å². The van der Waals surface area contributed by atoms with E-state index in [4.69, 9.17) is 4.74 Å². The highest BCUT2D eigenvalue weighted by molar-refractivity contribution is 5.99. The predicted octanol–water partition coefficient (Wildman–Crippen LogP) is 1.86. The van der Waals surface area contributed by atoms with Crippen molar-refractivity contribution in [2.24, 2.45) is 11.8 Å². The van der Waals surface area contributed by atoms with Gasteiger partial charge in [-0.05, 0) is 17.7 Å². The van der Waals surface area contributed by atoms with Gasteiger partial charge in [0, 0.05) is 42.8 Å². The van der Waals surface area contributed by atoms with Gasteiger partial charge in [-0.15, -0.1) is 0 Å². The van der Waals surface area contributed by atoms with Crippen molar-refractivity contribution in [3.05, 3.63) is 65.0 Å². The number of nitriles is 1. The number of amides is 2. The van der Waals surface area contributed by atoms with E-state index in [-0.39, 0.29) is 35.9 Å². The van der Waals surface area contributed by atoms with E-state index in [9.17, 15) is 14.9 Å². The van der Waals surface area contributed by atoms with Crippen molar-refractivity contribution in [3.63, 3.8) is 0 Å². The molecule has 29 heavy (non-hydrogen) atoms. The molecule has 2 N–H and O–H groups in total. The molecule has 7 nitrogen and oxygen atoms in total. The minimum absolute atomic E-state index is 0.125. The lowest BCUT2D eigenvalue weighted by Gasteiger charge is -2.16. The molecular formula is C22H22N4O3. The fourth-order valence-electron chi connectivity index (χ4n) is 3.96. The summed E-state index contributed by atoms with van der Waals surface area (Å²) in [7, 11) is 1.52. The van der Waals surface area contributed by atoms with Crippen LogP contribution in [0.2, 0.25) is 0 Å². The Hall–Kier alpha value is -3.24. The van der Waals surface area contributed by atoms with E-state index in [2.05, 4.69) is 21.7 Å². The highest BCUT2D eigenvalue weighted by Crippen LogP contribution is 2.44. The maximum atomic E-state index is 12.9. The number of aromatic nitrogens is 1. The average Bonchev–Trinajstić information content (AvgIpc) is 3.17. The summed E-state index contributed by atoms with van der Waals surface area (Å²) >= 11 is 0. The molecule has 0 bridgehead atoms. The minimum Gasteiger partial charge on any atom is -0.381 e. The molecule has 4 rings (SSSR count). The Morgan fingerprint density at radius 1 is 1.21 bits per heavy atom. The number of nitrogens with one attached hydrogen (secondary N) is 2. The van der Waals surface area contributed by atoms with Crippen LogP contribution in [-0.2, 0) is 4.74 Å². The Morgan fingerprint density at radius 3 is 2.59 bits per heavy atom. The van der Waals surface area contributed by atoms with Gasteiger partial charge >= 0.3 is 0 Å². The van der Waals surface area contributed by atoms with Gasteiger partial charge in [-0.25, -0.2) is 4.98 Å². The second kappa shape index (κ2) is 8.02. The Bertz CT molecular complexity index is 960. The SMILES string of the molecule is CNC(=O)c1cc(C(=O)NC2C3COCC32)cc(C(CC#N)c2ccccc2)n1. The van der Waals surface area contributed by atoms with E-state index >= 15 is 0 Å². The molecule has 0 spiro atoms. The molecule has 3 atom stereocenters. The molecule has 1 aromatic heterocycles.